The fourth-order valence-corrected chi connectivity index (χ4v) is 3.10. The lowest BCUT2D eigenvalue weighted by molar-refractivity contribution is -0.126. The molecular weight excluding hydrogens is 322 g/mol. The van der Waals surface area contributed by atoms with E-state index in [0.717, 1.165) is 25.7 Å². The predicted molar refractivity (Wildman–Crippen MR) is 108 cm³/mol. The summed E-state index contributed by atoms with van der Waals surface area (Å²) < 4.78 is 0. The summed E-state index contributed by atoms with van der Waals surface area (Å²) in [5.74, 6) is -0.0602. The van der Waals surface area contributed by atoms with Crippen molar-refractivity contribution in [1.29, 1.82) is 0 Å². The van der Waals surface area contributed by atoms with E-state index in [1.807, 2.05) is 36.4 Å². The van der Waals surface area contributed by atoms with Gasteiger partial charge in [0.2, 0.25) is 5.91 Å². The van der Waals surface area contributed by atoms with Crippen LogP contribution in [0, 0.1) is 0 Å². The molecule has 1 amide bonds. The van der Waals surface area contributed by atoms with Crippen LogP contribution < -0.4 is 16.8 Å². The Morgan fingerprint density at radius 3 is 2.00 bits per heavy atom. The van der Waals surface area contributed by atoms with Crippen molar-refractivity contribution >= 4 is 5.91 Å². The molecular formula is C22H31N3O. The van der Waals surface area contributed by atoms with E-state index in [1.54, 1.807) is 0 Å². The Bertz CT molecular complexity index is 645. The monoisotopic (exact) mass is 353 g/mol. The molecule has 0 aliphatic heterocycles. The maximum atomic E-state index is 12.7. The van der Waals surface area contributed by atoms with Gasteiger partial charge in [0, 0.05) is 6.54 Å². The number of benzene rings is 2. The number of hydrogen-bond donors (Lipinski definition) is 3. The minimum absolute atomic E-state index is 0.0602. The number of carbonyl (C=O) groups excluding carboxylic acids is 1. The maximum Gasteiger partial charge on any atom is 0.240 e. The molecule has 2 rings (SSSR count). The molecule has 4 nitrogen and oxygen atoms in total. The van der Waals surface area contributed by atoms with Gasteiger partial charge >= 0.3 is 0 Å². The predicted octanol–water partition coefficient (Wildman–Crippen LogP) is 2.80. The topological polar surface area (TPSA) is 81.1 Å². The molecule has 0 bridgehead atoms. The lowest BCUT2D eigenvalue weighted by Gasteiger charge is -2.28. The number of aryl methyl sites for hydroxylation is 2. The minimum atomic E-state index is -0.859. The Morgan fingerprint density at radius 1 is 0.846 bits per heavy atom. The van der Waals surface area contributed by atoms with Crippen LogP contribution in [0.3, 0.4) is 0 Å². The number of nitrogens with one attached hydrogen (secondary N) is 1. The van der Waals surface area contributed by atoms with Gasteiger partial charge in [-0.05, 0) is 56.2 Å². The normalized spacial score (nSPS) is 13.2. The van der Waals surface area contributed by atoms with Gasteiger partial charge in [0.15, 0.2) is 0 Å². The van der Waals surface area contributed by atoms with E-state index in [0.29, 0.717) is 25.9 Å². The fourth-order valence-electron chi connectivity index (χ4n) is 3.10. The van der Waals surface area contributed by atoms with Crippen molar-refractivity contribution in [1.82, 2.24) is 5.32 Å². The molecule has 2 aromatic carbocycles. The number of hydrogen-bond acceptors (Lipinski definition) is 3. The van der Waals surface area contributed by atoms with E-state index in [4.69, 9.17) is 11.5 Å². The highest BCUT2D eigenvalue weighted by atomic mass is 16.2. The van der Waals surface area contributed by atoms with Crippen LogP contribution in [-0.4, -0.2) is 24.5 Å². The highest BCUT2D eigenvalue weighted by Crippen LogP contribution is 2.18. The fraction of sp³-hybridized carbons (Fsp3) is 0.409. The van der Waals surface area contributed by atoms with Crippen LogP contribution in [0.2, 0.25) is 0 Å². The van der Waals surface area contributed by atoms with Crippen molar-refractivity contribution in [3.05, 3.63) is 71.8 Å². The molecule has 0 aromatic heterocycles. The lowest BCUT2D eigenvalue weighted by atomic mass is 9.86. The second kappa shape index (κ2) is 10.7. The molecule has 1 atom stereocenters. The van der Waals surface area contributed by atoms with Gasteiger partial charge in [0.1, 0.15) is 0 Å². The summed E-state index contributed by atoms with van der Waals surface area (Å²) in [6.07, 6.45) is 4.64. The summed E-state index contributed by atoms with van der Waals surface area (Å²) in [6.45, 7) is 1.19. The van der Waals surface area contributed by atoms with Crippen LogP contribution in [0.1, 0.15) is 36.8 Å². The molecule has 5 N–H and O–H groups in total. The highest BCUT2D eigenvalue weighted by Gasteiger charge is 2.32. The van der Waals surface area contributed by atoms with Gasteiger partial charge in [-0.3, -0.25) is 4.79 Å². The Labute approximate surface area is 157 Å². The van der Waals surface area contributed by atoms with Gasteiger partial charge in [0.25, 0.3) is 0 Å². The second-order valence-electron chi connectivity index (χ2n) is 6.88. The van der Waals surface area contributed by atoms with E-state index < -0.39 is 5.54 Å². The van der Waals surface area contributed by atoms with E-state index in [9.17, 15) is 4.79 Å². The Morgan fingerprint density at radius 2 is 1.42 bits per heavy atom. The standard InChI is InChI=1S/C22H31N3O/c23-17-8-15-22(24,16-14-20-11-5-2-6-12-20)21(26)25-18-7-13-19-9-3-1-4-10-19/h1-6,9-12H,7-8,13-18,23-24H2,(H,25,26)/t22-/m1/s1. The van der Waals surface area contributed by atoms with Gasteiger partial charge in [-0.2, -0.15) is 0 Å². The SMILES string of the molecule is NCCC[C@@](N)(CCc1ccccc1)C(=O)NCCCc1ccccc1. The zero-order valence-corrected chi connectivity index (χ0v) is 15.5. The Kier molecular flexibility index (Phi) is 8.32. The number of amides is 1. The van der Waals surface area contributed by atoms with Crippen LogP contribution in [0.25, 0.3) is 0 Å². The van der Waals surface area contributed by atoms with Crippen LogP contribution in [0.5, 0.6) is 0 Å². The molecule has 2 aromatic rings. The summed E-state index contributed by atoms with van der Waals surface area (Å²) >= 11 is 0. The first-order valence-corrected chi connectivity index (χ1v) is 9.49. The summed E-state index contributed by atoms with van der Waals surface area (Å²) in [7, 11) is 0. The zero-order chi connectivity index (χ0) is 18.7. The third-order valence-electron chi connectivity index (χ3n) is 4.75. The maximum absolute atomic E-state index is 12.7. The zero-order valence-electron chi connectivity index (χ0n) is 15.5. The van der Waals surface area contributed by atoms with Crippen molar-refractivity contribution in [3.63, 3.8) is 0 Å². The third kappa shape index (κ3) is 6.62. The lowest BCUT2D eigenvalue weighted by Crippen LogP contribution is -2.54. The van der Waals surface area contributed by atoms with E-state index in [-0.39, 0.29) is 5.91 Å². The smallest absolute Gasteiger partial charge is 0.240 e. The number of carbonyl (C=O) groups is 1. The molecule has 0 saturated carbocycles. The van der Waals surface area contributed by atoms with Crippen LogP contribution in [-0.2, 0) is 17.6 Å². The Balaban J connectivity index is 1.84. The highest BCUT2D eigenvalue weighted by molar-refractivity contribution is 5.86. The van der Waals surface area contributed by atoms with Crippen LogP contribution in [0.15, 0.2) is 60.7 Å². The number of rotatable bonds is 11. The molecule has 140 valence electrons. The summed E-state index contributed by atoms with van der Waals surface area (Å²) in [5, 5.41) is 3.03. The van der Waals surface area contributed by atoms with Crippen LogP contribution in [0.4, 0.5) is 0 Å². The van der Waals surface area contributed by atoms with Gasteiger partial charge in [-0.1, -0.05) is 60.7 Å². The van der Waals surface area contributed by atoms with E-state index in [1.165, 1.54) is 11.1 Å². The summed E-state index contributed by atoms with van der Waals surface area (Å²) in [5.41, 5.74) is 13.8. The molecule has 0 aliphatic carbocycles. The molecule has 4 heteroatoms. The van der Waals surface area contributed by atoms with Crippen molar-refractivity contribution in [2.45, 2.75) is 44.1 Å². The molecule has 0 heterocycles. The molecule has 0 saturated heterocycles. The van der Waals surface area contributed by atoms with Gasteiger partial charge in [-0.25, -0.2) is 0 Å². The van der Waals surface area contributed by atoms with Gasteiger partial charge < -0.3 is 16.8 Å². The first kappa shape index (κ1) is 20.1. The van der Waals surface area contributed by atoms with Gasteiger partial charge in [-0.15, -0.1) is 0 Å². The largest absolute Gasteiger partial charge is 0.354 e. The van der Waals surface area contributed by atoms with Crippen molar-refractivity contribution in [3.8, 4) is 0 Å². The molecule has 0 spiro atoms. The first-order chi connectivity index (χ1) is 12.6. The van der Waals surface area contributed by atoms with Gasteiger partial charge in [0.05, 0.1) is 5.54 Å². The van der Waals surface area contributed by atoms with Crippen molar-refractivity contribution in [2.24, 2.45) is 11.5 Å². The quantitative estimate of drug-likeness (QED) is 0.543. The molecule has 0 aliphatic rings. The molecule has 26 heavy (non-hydrogen) atoms. The van der Waals surface area contributed by atoms with Crippen LogP contribution >= 0.6 is 0 Å². The van der Waals surface area contributed by atoms with E-state index in [2.05, 4.69) is 29.6 Å². The molecule has 0 radical (unpaired) electrons. The summed E-state index contributed by atoms with van der Waals surface area (Å²) in [4.78, 5) is 12.7. The average molecular weight is 354 g/mol. The first-order valence-electron chi connectivity index (χ1n) is 9.49. The third-order valence-corrected chi connectivity index (χ3v) is 4.75. The molecule has 0 unspecified atom stereocenters. The minimum Gasteiger partial charge on any atom is -0.354 e. The van der Waals surface area contributed by atoms with Crippen molar-refractivity contribution in [2.75, 3.05) is 13.1 Å². The second-order valence-corrected chi connectivity index (χ2v) is 6.88. The van der Waals surface area contributed by atoms with Crippen molar-refractivity contribution < 1.29 is 4.79 Å². The number of nitrogens with two attached hydrogens (primary N) is 2. The average Bonchev–Trinajstić information content (AvgIpc) is 2.69. The van der Waals surface area contributed by atoms with E-state index >= 15 is 0 Å². The Hall–Kier alpha value is -2.17. The summed E-state index contributed by atoms with van der Waals surface area (Å²) in [6, 6.07) is 20.5. The molecule has 0 fully saturated rings.